The fourth-order valence-electron chi connectivity index (χ4n) is 2.57. The summed E-state index contributed by atoms with van der Waals surface area (Å²) in [5.41, 5.74) is -0.0481. The molecule has 5 heteroatoms. The molecule has 0 heterocycles. The van der Waals surface area contributed by atoms with Gasteiger partial charge in [-0.3, -0.25) is 0 Å². The quantitative estimate of drug-likeness (QED) is 0.718. The molecule has 102 valence electrons. The summed E-state index contributed by atoms with van der Waals surface area (Å²) in [6.07, 6.45) is 6.25. The monoisotopic (exact) mass is 263 g/mol. The number of sulfone groups is 1. The maximum atomic E-state index is 11.1. The van der Waals surface area contributed by atoms with E-state index in [1.165, 1.54) is 12.7 Å². The predicted octanol–water partition coefficient (Wildman–Crippen LogP) is 1.36. The molecule has 1 aliphatic carbocycles. The zero-order chi connectivity index (χ0) is 12.9. The third kappa shape index (κ3) is 4.23. The van der Waals surface area contributed by atoms with E-state index >= 15 is 0 Å². The van der Waals surface area contributed by atoms with Gasteiger partial charge in [-0.25, -0.2) is 8.42 Å². The molecule has 0 amide bonds. The molecule has 0 aromatic rings. The first kappa shape index (κ1) is 14.9. The van der Waals surface area contributed by atoms with Crippen LogP contribution in [0, 0.1) is 0 Å². The van der Waals surface area contributed by atoms with E-state index in [1.807, 2.05) is 0 Å². The largest absolute Gasteiger partial charge is 0.377 e. The second kappa shape index (κ2) is 6.16. The van der Waals surface area contributed by atoms with E-state index < -0.39 is 9.84 Å². The van der Waals surface area contributed by atoms with Crippen LogP contribution >= 0.6 is 0 Å². The minimum Gasteiger partial charge on any atom is -0.377 e. The maximum absolute atomic E-state index is 11.1. The summed E-state index contributed by atoms with van der Waals surface area (Å²) >= 11 is 0. The minimum absolute atomic E-state index is 0.0481. The molecule has 0 bridgehead atoms. The Labute approximate surface area is 105 Å². The summed E-state index contributed by atoms with van der Waals surface area (Å²) in [5, 5.41) is 3.44. The number of hydrogen-bond acceptors (Lipinski definition) is 4. The Bertz CT molecular complexity index is 317. The predicted molar refractivity (Wildman–Crippen MR) is 70.0 cm³/mol. The van der Waals surface area contributed by atoms with E-state index in [4.69, 9.17) is 4.74 Å². The normalized spacial score (nSPS) is 20.9. The van der Waals surface area contributed by atoms with Crippen molar-refractivity contribution in [2.75, 3.05) is 25.7 Å². The third-order valence-electron chi connectivity index (χ3n) is 3.70. The number of rotatable bonds is 8. The molecule has 0 aromatic heterocycles. The van der Waals surface area contributed by atoms with Crippen molar-refractivity contribution in [1.82, 2.24) is 5.32 Å². The smallest absolute Gasteiger partial charge is 0.147 e. The molecule has 1 unspecified atom stereocenters. The molecular formula is C12H25NO3S. The second-order valence-corrected chi connectivity index (χ2v) is 7.26. The van der Waals surface area contributed by atoms with Crippen molar-refractivity contribution in [3.63, 3.8) is 0 Å². The molecule has 0 saturated heterocycles. The Morgan fingerprint density at radius 2 is 2.06 bits per heavy atom. The first-order chi connectivity index (χ1) is 7.93. The van der Waals surface area contributed by atoms with E-state index in [9.17, 15) is 8.42 Å². The van der Waals surface area contributed by atoms with Gasteiger partial charge in [0, 0.05) is 25.2 Å². The summed E-state index contributed by atoms with van der Waals surface area (Å²) in [4.78, 5) is 0. The maximum Gasteiger partial charge on any atom is 0.147 e. The molecule has 1 N–H and O–H groups in total. The van der Waals surface area contributed by atoms with Crippen LogP contribution in [0.2, 0.25) is 0 Å². The Morgan fingerprint density at radius 1 is 1.41 bits per heavy atom. The Kier molecular flexibility index (Phi) is 5.41. The molecule has 4 nitrogen and oxygen atoms in total. The topological polar surface area (TPSA) is 55.4 Å². The van der Waals surface area contributed by atoms with Crippen LogP contribution in [0.1, 0.15) is 39.0 Å². The minimum atomic E-state index is -2.84. The highest BCUT2D eigenvalue weighted by atomic mass is 32.2. The zero-order valence-electron chi connectivity index (χ0n) is 11.2. The summed E-state index contributed by atoms with van der Waals surface area (Å²) in [7, 11) is -1.08. The van der Waals surface area contributed by atoms with Crippen LogP contribution in [-0.2, 0) is 14.6 Å². The van der Waals surface area contributed by atoms with Crippen LogP contribution in [0.25, 0.3) is 0 Å². The van der Waals surface area contributed by atoms with Crippen molar-refractivity contribution >= 4 is 9.84 Å². The number of methoxy groups -OCH3 is 1. The van der Waals surface area contributed by atoms with E-state index in [2.05, 4.69) is 12.2 Å². The lowest BCUT2D eigenvalue weighted by molar-refractivity contribution is -0.0996. The standard InChI is InChI=1S/C12H25NO3S/c1-4-13-11(7-5-10-17(3,14)15)12(16-2)8-6-9-12/h11,13H,4-10H2,1-3H3. The van der Waals surface area contributed by atoms with Crippen LogP contribution in [0.3, 0.4) is 0 Å². The van der Waals surface area contributed by atoms with Crippen LogP contribution < -0.4 is 5.32 Å². The molecule has 1 saturated carbocycles. The van der Waals surface area contributed by atoms with Crippen LogP contribution in [-0.4, -0.2) is 45.7 Å². The van der Waals surface area contributed by atoms with Gasteiger partial charge in [-0.05, 0) is 38.6 Å². The van der Waals surface area contributed by atoms with Gasteiger partial charge in [-0.2, -0.15) is 0 Å². The van der Waals surface area contributed by atoms with Gasteiger partial charge in [-0.15, -0.1) is 0 Å². The van der Waals surface area contributed by atoms with Gasteiger partial charge in [-0.1, -0.05) is 6.92 Å². The molecule has 0 aromatic carbocycles. The molecule has 0 aliphatic heterocycles. The number of hydrogen-bond donors (Lipinski definition) is 1. The highest BCUT2D eigenvalue weighted by molar-refractivity contribution is 7.90. The fourth-order valence-corrected chi connectivity index (χ4v) is 3.26. The third-order valence-corrected chi connectivity index (χ3v) is 4.73. The van der Waals surface area contributed by atoms with E-state index in [1.54, 1.807) is 7.11 Å². The lowest BCUT2D eigenvalue weighted by Gasteiger charge is -2.47. The van der Waals surface area contributed by atoms with Crippen molar-refractivity contribution in [3.8, 4) is 0 Å². The fraction of sp³-hybridized carbons (Fsp3) is 1.00. The Morgan fingerprint density at radius 3 is 2.41 bits per heavy atom. The highest BCUT2D eigenvalue weighted by Gasteiger charge is 2.43. The molecule has 1 rings (SSSR count). The SMILES string of the molecule is CCNC(CCCS(C)(=O)=O)C1(OC)CCC1. The number of likely N-dealkylation sites (N-methyl/N-ethyl adjacent to an activating group) is 1. The van der Waals surface area contributed by atoms with Crippen molar-refractivity contribution in [2.45, 2.75) is 50.7 Å². The van der Waals surface area contributed by atoms with Crippen molar-refractivity contribution in [1.29, 1.82) is 0 Å². The molecule has 1 atom stereocenters. The van der Waals surface area contributed by atoms with Gasteiger partial charge in [0.1, 0.15) is 9.84 Å². The van der Waals surface area contributed by atoms with E-state index in [0.717, 1.165) is 25.8 Å². The van der Waals surface area contributed by atoms with Gasteiger partial charge < -0.3 is 10.1 Å². The second-order valence-electron chi connectivity index (χ2n) is 5.00. The summed E-state index contributed by atoms with van der Waals surface area (Å²) in [6.45, 7) is 2.97. The first-order valence-electron chi connectivity index (χ1n) is 6.40. The van der Waals surface area contributed by atoms with E-state index in [0.29, 0.717) is 6.42 Å². The summed E-state index contributed by atoms with van der Waals surface area (Å²) in [6, 6.07) is 0.285. The number of nitrogens with one attached hydrogen (secondary N) is 1. The molecule has 0 spiro atoms. The Hall–Kier alpha value is -0.130. The van der Waals surface area contributed by atoms with Crippen molar-refractivity contribution in [3.05, 3.63) is 0 Å². The lowest BCUT2D eigenvalue weighted by atomic mass is 9.73. The van der Waals surface area contributed by atoms with Gasteiger partial charge in [0.05, 0.1) is 5.60 Å². The summed E-state index contributed by atoms with van der Waals surface area (Å²) < 4.78 is 27.9. The van der Waals surface area contributed by atoms with E-state index in [-0.39, 0.29) is 17.4 Å². The lowest BCUT2D eigenvalue weighted by Crippen LogP contribution is -2.56. The molecule has 17 heavy (non-hydrogen) atoms. The first-order valence-corrected chi connectivity index (χ1v) is 8.46. The molecule has 0 radical (unpaired) electrons. The van der Waals surface area contributed by atoms with Crippen molar-refractivity contribution < 1.29 is 13.2 Å². The van der Waals surface area contributed by atoms with Gasteiger partial charge in [0.25, 0.3) is 0 Å². The van der Waals surface area contributed by atoms with Crippen molar-refractivity contribution in [2.24, 2.45) is 0 Å². The zero-order valence-corrected chi connectivity index (χ0v) is 12.0. The van der Waals surface area contributed by atoms with Gasteiger partial charge in [0.2, 0.25) is 0 Å². The molecule has 1 aliphatic rings. The van der Waals surface area contributed by atoms with Gasteiger partial charge >= 0.3 is 0 Å². The van der Waals surface area contributed by atoms with Crippen LogP contribution in [0.15, 0.2) is 0 Å². The summed E-state index contributed by atoms with van der Waals surface area (Å²) in [5.74, 6) is 0.273. The average molecular weight is 263 g/mol. The van der Waals surface area contributed by atoms with Crippen LogP contribution in [0.4, 0.5) is 0 Å². The molecular weight excluding hydrogens is 238 g/mol. The highest BCUT2D eigenvalue weighted by Crippen LogP contribution is 2.39. The van der Waals surface area contributed by atoms with Crippen LogP contribution in [0.5, 0.6) is 0 Å². The molecule has 1 fully saturated rings. The average Bonchev–Trinajstić information content (AvgIpc) is 2.15. The Balaban J connectivity index is 2.48. The number of ether oxygens (including phenoxy) is 1. The van der Waals surface area contributed by atoms with Gasteiger partial charge in [0.15, 0.2) is 0 Å².